The molecule has 0 aromatic heterocycles. The van der Waals surface area contributed by atoms with Crippen molar-refractivity contribution in [2.75, 3.05) is 0 Å². The second kappa shape index (κ2) is 2.86. The van der Waals surface area contributed by atoms with Gasteiger partial charge in [0.1, 0.15) is 0 Å². The maximum absolute atomic E-state index is 10.2. The Bertz CT molecular complexity index is 226. The van der Waals surface area contributed by atoms with Crippen molar-refractivity contribution in [1.29, 1.82) is 0 Å². The van der Waals surface area contributed by atoms with Gasteiger partial charge in [0.05, 0.1) is 0 Å². The summed E-state index contributed by atoms with van der Waals surface area (Å²) in [6.45, 7) is 3.60. The highest BCUT2D eigenvalue weighted by Gasteiger charge is 2.47. The molecule has 0 aromatic rings. The lowest BCUT2D eigenvalue weighted by molar-refractivity contribution is 0.512. The molecule has 11 heavy (non-hydrogen) atoms. The quantitative estimate of drug-likeness (QED) is 0.495. The standard InChI is InChI=1S/C7H10NO2P/c1-2-6-5-7(6,8)3-4-11(9)10/h2-4,6H,1,5,8H2/p+1/t6-,7+/m0/s1. The molecule has 3 nitrogen and oxygen atoms in total. The fourth-order valence-electron chi connectivity index (χ4n) is 1.02. The molecule has 1 aliphatic rings. The van der Waals surface area contributed by atoms with Crippen LogP contribution in [0.1, 0.15) is 6.42 Å². The molecule has 0 saturated heterocycles. The van der Waals surface area contributed by atoms with Crippen molar-refractivity contribution in [2.45, 2.75) is 12.0 Å². The van der Waals surface area contributed by atoms with E-state index in [9.17, 15) is 4.57 Å². The fraction of sp³-hybridized carbons (Fsp3) is 0.429. The SMILES string of the molecule is C=C[C@H]1C[C@]1(N)C=C[P+](=O)O. The topological polar surface area (TPSA) is 63.3 Å². The van der Waals surface area contributed by atoms with Gasteiger partial charge in [-0.3, -0.25) is 0 Å². The number of hydrogen-bond acceptors (Lipinski definition) is 2. The molecule has 0 bridgehead atoms. The van der Waals surface area contributed by atoms with Crippen LogP contribution in [-0.2, 0) is 4.57 Å². The first-order valence-corrected chi connectivity index (χ1v) is 4.63. The molecule has 0 aromatic carbocycles. The van der Waals surface area contributed by atoms with E-state index in [-0.39, 0.29) is 5.92 Å². The van der Waals surface area contributed by atoms with Crippen LogP contribution in [0.2, 0.25) is 0 Å². The third-order valence-electron chi connectivity index (χ3n) is 1.90. The van der Waals surface area contributed by atoms with Crippen LogP contribution in [0.15, 0.2) is 24.5 Å². The first-order chi connectivity index (χ1) is 5.08. The first kappa shape index (κ1) is 8.60. The van der Waals surface area contributed by atoms with E-state index in [1.165, 1.54) is 5.82 Å². The van der Waals surface area contributed by atoms with Crippen LogP contribution in [0.25, 0.3) is 0 Å². The maximum atomic E-state index is 10.2. The van der Waals surface area contributed by atoms with Crippen LogP contribution < -0.4 is 5.73 Å². The van der Waals surface area contributed by atoms with E-state index < -0.39 is 13.6 Å². The molecular weight excluding hydrogens is 161 g/mol. The summed E-state index contributed by atoms with van der Waals surface area (Å²) >= 11 is 0. The van der Waals surface area contributed by atoms with Gasteiger partial charge in [0.15, 0.2) is 5.82 Å². The predicted octanol–water partition coefficient (Wildman–Crippen LogP) is 1.14. The Hall–Kier alpha value is -0.500. The average Bonchev–Trinajstić information content (AvgIpc) is 2.59. The Labute approximate surface area is 66.5 Å². The molecular formula is C7H11NO2P+. The lowest BCUT2D eigenvalue weighted by atomic mass is 10.2. The predicted molar refractivity (Wildman–Crippen MR) is 44.2 cm³/mol. The summed E-state index contributed by atoms with van der Waals surface area (Å²) in [5, 5.41) is 0. The third kappa shape index (κ3) is 1.96. The molecule has 0 heterocycles. The minimum absolute atomic E-state index is 0.272. The molecule has 0 aliphatic heterocycles. The van der Waals surface area contributed by atoms with E-state index in [4.69, 9.17) is 10.6 Å². The zero-order chi connectivity index (χ0) is 8.48. The van der Waals surface area contributed by atoms with Gasteiger partial charge in [0.2, 0.25) is 0 Å². The lowest BCUT2D eigenvalue weighted by Gasteiger charge is -1.97. The van der Waals surface area contributed by atoms with Gasteiger partial charge in [0, 0.05) is 11.5 Å². The Morgan fingerprint density at radius 3 is 2.82 bits per heavy atom. The number of hydrogen-bond donors (Lipinski definition) is 2. The van der Waals surface area contributed by atoms with Crippen molar-refractivity contribution in [3.63, 3.8) is 0 Å². The Morgan fingerprint density at radius 1 is 1.82 bits per heavy atom. The van der Waals surface area contributed by atoms with Crippen molar-refractivity contribution in [2.24, 2.45) is 11.7 Å². The van der Waals surface area contributed by atoms with Crippen molar-refractivity contribution in [3.05, 3.63) is 24.5 Å². The molecule has 1 fully saturated rings. The smallest absolute Gasteiger partial charge is 0.321 e. The normalized spacial score (nSPS) is 37.3. The molecule has 0 spiro atoms. The van der Waals surface area contributed by atoms with Crippen molar-refractivity contribution < 1.29 is 9.46 Å². The van der Waals surface area contributed by atoms with E-state index >= 15 is 0 Å². The van der Waals surface area contributed by atoms with Crippen LogP contribution in [-0.4, -0.2) is 10.4 Å². The van der Waals surface area contributed by atoms with Crippen molar-refractivity contribution in [1.82, 2.24) is 0 Å². The van der Waals surface area contributed by atoms with Crippen LogP contribution >= 0.6 is 8.03 Å². The number of rotatable bonds is 3. The van der Waals surface area contributed by atoms with E-state index in [1.807, 2.05) is 0 Å². The van der Waals surface area contributed by atoms with Gasteiger partial charge in [-0.15, -0.1) is 6.58 Å². The molecule has 0 amide bonds. The summed E-state index contributed by atoms with van der Waals surface area (Å²) in [5.74, 6) is 1.51. The van der Waals surface area contributed by atoms with Crippen molar-refractivity contribution >= 4 is 8.03 Å². The first-order valence-electron chi connectivity index (χ1n) is 3.34. The highest BCUT2D eigenvalue weighted by molar-refractivity contribution is 7.41. The van der Waals surface area contributed by atoms with E-state index in [2.05, 4.69) is 6.58 Å². The third-order valence-corrected chi connectivity index (χ3v) is 2.30. The zero-order valence-corrected chi connectivity index (χ0v) is 7.00. The van der Waals surface area contributed by atoms with E-state index in [1.54, 1.807) is 12.2 Å². The molecule has 1 rings (SSSR count). The van der Waals surface area contributed by atoms with Gasteiger partial charge >= 0.3 is 8.03 Å². The summed E-state index contributed by atoms with van der Waals surface area (Å²) in [6, 6.07) is 0. The molecule has 4 heteroatoms. The van der Waals surface area contributed by atoms with Gasteiger partial charge < -0.3 is 5.73 Å². The highest BCUT2D eigenvalue weighted by atomic mass is 31.1. The zero-order valence-electron chi connectivity index (χ0n) is 6.10. The summed E-state index contributed by atoms with van der Waals surface area (Å²) in [7, 11) is -2.19. The minimum atomic E-state index is -2.19. The maximum Gasteiger partial charge on any atom is 0.537 e. The highest BCUT2D eigenvalue weighted by Crippen LogP contribution is 2.43. The van der Waals surface area contributed by atoms with Gasteiger partial charge in [-0.2, -0.15) is 4.89 Å². The summed E-state index contributed by atoms with van der Waals surface area (Å²) < 4.78 is 10.2. The van der Waals surface area contributed by atoms with Crippen molar-refractivity contribution in [3.8, 4) is 0 Å². The van der Waals surface area contributed by atoms with Crippen LogP contribution in [0.3, 0.4) is 0 Å². The monoisotopic (exact) mass is 172 g/mol. The molecule has 0 radical (unpaired) electrons. The number of nitrogens with two attached hydrogens (primary N) is 1. The van der Waals surface area contributed by atoms with Crippen LogP contribution in [0.5, 0.6) is 0 Å². The molecule has 3 atom stereocenters. The van der Waals surface area contributed by atoms with Gasteiger partial charge in [-0.25, -0.2) is 0 Å². The minimum Gasteiger partial charge on any atom is -0.321 e. The Morgan fingerprint density at radius 2 is 2.45 bits per heavy atom. The fourth-order valence-corrected chi connectivity index (χ4v) is 1.42. The molecule has 1 aliphatic carbocycles. The molecule has 1 unspecified atom stereocenters. The molecule has 1 saturated carbocycles. The van der Waals surface area contributed by atoms with Gasteiger partial charge in [-0.1, -0.05) is 6.08 Å². The average molecular weight is 172 g/mol. The van der Waals surface area contributed by atoms with E-state index in [0.29, 0.717) is 0 Å². The van der Waals surface area contributed by atoms with Gasteiger partial charge in [-0.05, 0) is 17.1 Å². The second-order valence-electron chi connectivity index (χ2n) is 2.78. The molecule has 3 N–H and O–H groups in total. The van der Waals surface area contributed by atoms with Gasteiger partial charge in [0.25, 0.3) is 0 Å². The second-order valence-corrected chi connectivity index (χ2v) is 3.68. The summed E-state index contributed by atoms with van der Waals surface area (Å²) in [6.07, 6.45) is 4.20. The Kier molecular flexibility index (Phi) is 2.23. The molecule has 60 valence electrons. The van der Waals surface area contributed by atoms with E-state index in [0.717, 1.165) is 6.42 Å². The lowest BCUT2D eigenvalue weighted by Crippen LogP contribution is -2.20. The summed E-state index contributed by atoms with van der Waals surface area (Å²) in [5.41, 5.74) is 5.36. The Balaban J connectivity index is 2.51. The summed E-state index contributed by atoms with van der Waals surface area (Å²) in [4.78, 5) is 8.44. The van der Waals surface area contributed by atoms with Crippen LogP contribution in [0.4, 0.5) is 0 Å². The van der Waals surface area contributed by atoms with Crippen LogP contribution in [0, 0.1) is 5.92 Å². The largest absolute Gasteiger partial charge is 0.537 e.